The van der Waals surface area contributed by atoms with E-state index in [1.54, 1.807) is 18.2 Å². The van der Waals surface area contributed by atoms with Crippen LogP contribution in [0.25, 0.3) is 10.2 Å². The molecule has 0 aliphatic carbocycles. The van der Waals surface area contributed by atoms with E-state index >= 15 is 0 Å². The van der Waals surface area contributed by atoms with Crippen molar-refractivity contribution in [2.24, 2.45) is 22.4 Å². The SMILES string of the molecule is CCCN=C(N)N.COCC(=O)NCCC(=O)NC(CC(C)C)C(=O)NCC(=O)Nc1ccc2nc(C#N)sc2c1. The second-order valence-electron chi connectivity index (χ2n) is 9.17. The number of benzene rings is 1. The largest absolute Gasteiger partial charge is 0.375 e. The molecule has 0 aliphatic heterocycles. The molecule has 1 aromatic carbocycles. The molecule has 224 valence electrons. The van der Waals surface area contributed by atoms with Crippen LogP contribution in [0.2, 0.25) is 0 Å². The van der Waals surface area contributed by atoms with Crippen molar-refractivity contribution in [2.45, 2.75) is 46.1 Å². The van der Waals surface area contributed by atoms with Crippen LogP contribution in [0, 0.1) is 17.2 Å². The van der Waals surface area contributed by atoms with Gasteiger partial charge in [-0.05, 0) is 37.0 Å². The van der Waals surface area contributed by atoms with Gasteiger partial charge in [0.05, 0.1) is 16.8 Å². The molecule has 0 saturated heterocycles. The van der Waals surface area contributed by atoms with Crippen molar-refractivity contribution in [3.05, 3.63) is 23.2 Å². The first kappa shape index (κ1) is 34.7. The Kier molecular flexibility index (Phi) is 16.0. The molecule has 0 saturated carbocycles. The molecule has 8 N–H and O–H groups in total. The van der Waals surface area contributed by atoms with E-state index in [1.807, 2.05) is 26.8 Å². The van der Waals surface area contributed by atoms with E-state index in [1.165, 1.54) is 18.4 Å². The van der Waals surface area contributed by atoms with Gasteiger partial charge in [0.25, 0.3) is 0 Å². The summed E-state index contributed by atoms with van der Waals surface area (Å²) in [6.45, 7) is 6.33. The predicted molar refractivity (Wildman–Crippen MR) is 158 cm³/mol. The Hall–Kier alpha value is -4.29. The lowest BCUT2D eigenvalue weighted by molar-refractivity contribution is -0.130. The number of rotatable bonds is 14. The maximum atomic E-state index is 12.6. The second kappa shape index (κ2) is 18.9. The number of aromatic nitrogens is 1. The zero-order valence-electron chi connectivity index (χ0n) is 23.8. The number of anilines is 1. The number of aliphatic imine (C=N–C) groups is 1. The Labute approximate surface area is 243 Å². The van der Waals surface area contributed by atoms with Crippen LogP contribution in [-0.4, -0.2) is 74.0 Å². The smallest absolute Gasteiger partial charge is 0.245 e. The lowest BCUT2D eigenvalue weighted by Crippen LogP contribution is -2.49. The quantitative estimate of drug-likeness (QED) is 0.134. The summed E-state index contributed by atoms with van der Waals surface area (Å²) in [5.74, 6) is -1.33. The zero-order chi connectivity index (χ0) is 30.8. The van der Waals surface area contributed by atoms with Crippen molar-refractivity contribution in [3.63, 3.8) is 0 Å². The molecule has 0 spiro atoms. The van der Waals surface area contributed by atoms with Crippen LogP contribution in [0.3, 0.4) is 0 Å². The summed E-state index contributed by atoms with van der Waals surface area (Å²) in [6.07, 6.45) is 1.39. The third kappa shape index (κ3) is 14.6. The first-order valence-corrected chi connectivity index (χ1v) is 13.8. The Balaban J connectivity index is 0.00000106. The van der Waals surface area contributed by atoms with E-state index in [2.05, 4.69) is 31.2 Å². The molecule has 1 unspecified atom stereocenters. The van der Waals surface area contributed by atoms with Gasteiger partial charge < -0.3 is 37.5 Å². The fourth-order valence-electron chi connectivity index (χ4n) is 3.25. The van der Waals surface area contributed by atoms with Gasteiger partial charge in [-0.25, -0.2) is 4.98 Å². The van der Waals surface area contributed by atoms with Crippen LogP contribution < -0.4 is 32.7 Å². The van der Waals surface area contributed by atoms with Gasteiger partial charge >= 0.3 is 0 Å². The van der Waals surface area contributed by atoms with Crippen LogP contribution in [0.15, 0.2) is 23.2 Å². The van der Waals surface area contributed by atoms with Gasteiger partial charge in [0.1, 0.15) is 18.7 Å². The zero-order valence-corrected chi connectivity index (χ0v) is 24.6. The number of nitrogens with one attached hydrogen (secondary N) is 4. The van der Waals surface area contributed by atoms with Crippen LogP contribution >= 0.6 is 11.3 Å². The minimum Gasteiger partial charge on any atom is -0.375 e. The number of nitrogens with two attached hydrogens (primary N) is 2. The lowest BCUT2D eigenvalue weighted by atomic mass is 10.0. The Morgan fingerprint density at radius 3 is 2.46 bits per heavy atom. The van der Waals surface area contributed by atoms with Crippen molar-refractivity contribution in [1.82, 2.24) is 20.9 Å². The number of amides is 4. The minimum atomic E-state index is -0.812. The molecule has 1 heterocycles. The lowest BCUT2D eigenvalue weighted by Gasteiger charge is -2.20. The van der Waals surface area contributed by atoms with Gasteiger partial charge in [-0.1, -0.05) is 20.8 Å². The second-order valence-corrected chi connectivity index (χ2v) is 10.2. The monoisotopic (exact) mass is 589 g/mol. The van der Waals surface area contributed by atoms with Crippen LogP contribution in [0.5, 0.6) is 0 Å². The highest BCUT2D eigenvalue weighted by Crippen LogP contribution is 2.24. The maximum Gasteiger partial charge on any atom is 0.245 e. The highest BCUT2D eigenvalue weighted by molar-refractivity contribution is 7.19. The molecular formula is C26H39N9O5S. The maximum absolute atomic E-state index is 12.6. The molecule has 2 aromatic rings. The van der Waals surface area contributed by atoms with Crippen LogP contribution in [0.1, 0.15) is 45.0 Å². The average Bonchev–Trinajstić information content (AvgIpc) is 3.33. The molecule has 0 fully saturated rings. The Morgan fingerprint density at radius 2 is 1.88 bits per heavy atom. The third-order valence-electron chi connectivity index (χ3n) is 5.02. The molecule has 1 atom stereocenters. The molecule has 15 heteroatoms. The average molecular weight is 590 g/mol. The normalized spacial score (nSPS) is 10.9. The summed E-state index contributed by atoms with van der Waals surface area (Å²) < 4.78 is 5.46. The van der Waals surface area contributed by atoms with Crippen LogP contribution in [-0.2, 0) is 23.9 Å². The predicted octanol–water partition coefficient (Wildman–Crippen LogP) is 0.576. The summed E-state index contributed by atoms with van der Waals surface area (Å²) in [7, 11) is 1.40. The third-order valence-corrected chi connectivity index (χ3v) is 5.94. The number of carbonyl (C=O) groups is 4. The van der Waals surface area contributed by atoms with E-state index in [9.17, 15) is 19.2 Å². The number of guanidine groups is 1. The number of carbonyl (C=O) groups excluding carboxylic acids is 4. The summed E-state index contributed by atoms with van der Waals surface area (Å²) in [4.78, 5) is 56.4. The van der Waals surface area contributed by atoms with E-state index in [0.29, 0.717) is 22.6 Å². The highest BCUT2D eigenvalue weighted by Gasteiger charge is 2.22. The highest BCUT2D eigenvalue weighted by atomic mass is 32.1. The number of fused-ring (bicyclic) bond motifs is 1. The number of nitriles is 1. The van der Waals surface area contributed by atoms with E-state index in [4.69, 9.17) is 21.5 Å². The van der Waals surface area contributed by atoms with E-state index in [0.717, 1.165) is 17.7 Å². The molecule has 1 aromatic heterocycles. The van der Waals surface area contributed by atoms with Gasteiger partial charge in [0, 0.05) is 32.3 Å². The first-order chi connectivity index (χ1) is 19.5. The topological polar surface area (TPSA) is 227 Å². The molecule has 14 nitrogen and oxygen atoms in total. The summed E-state index contributed by atoms with van der Waals surface area (Å²) in [5, 5.41) is 19.7. The minimum absolute atomic E-state index is 0.00534. The number of thiazole rings is 1. The van der Waals surface area contributed by atoms with E-state index < -0.39 is 23.8 Å². The fraction of sp³-hybridized carbons (Fsp3) is 0.500. The standard InChI is InChI=1S/C22H28N6O5S.C4H11N3/c1-13(2)8-16(27-18(29)6-7-24-20(31)12-33-3)22(32)25-11-19(30)26-14-4-5-15-17(9-14)34-21(10-23)28-15;1-2-3-7-4(5)6/h4-5,9,13,16H,6-8,11-12H2,1-3H3,(H,24,31)(H,25,32)(H,26,30)(H,27,29);2-3H2,1H3,(H4,5,6,7). The van der Waals surface area contributed by atoms with Gasteiger partial charge in [0.15, 0.2) is 11.0 Å². The van der Waals surface area contributed by atoms with E-state index in [-0.39, 0.29) is 43.9 Å². The number of ether oxygens (including phenoxy) is 1. The number of hydrogen-bond donors (Lipinski definition) is 6. The van der Waals surface area contributed by atoms with Gasteiger partial charge in [0.2, 0.25) is 23.6 Å². The van der Waals surface area contributed by atoms with Crippen molar-refractivity contribution in [3.8, 4) is 6.07 Å². The van der Waals surface area contributed by atoms with Crippen molar-refractivity contribution >= 4 is 56.8 Å². The van der Waals surface area contributed by atoms with Crippen molar-refractivity contribution in [1.29, 1.82) is 5.26 Å². The Morgan fingerprint density at radius 1 is 1.15 bits per heavy atom. The van der Waals surface area contributed by atoms with Crippen LogP contribution in [0.4, 0.5) is 5.69 Å². The molecule has 4 amide bonds. The summed E-state index contributed by atoms with van der Waals surface area (Å²) in [6, 6.07) is 6.25. The fourth-order valence-corrected chi connectivity index (χ4v) is 4.06. The van der Waals surface area contributed by atoms with Gasteiger partial charge in [-0.3, -0.25) is 24.2 Å². The molecule has 2 rings (SSSR count). The first-order valence-electron chi connectivity index (χ1n) is 13.0. The molecule has 0 radical (unpaired) electrons. The molecular weight excluding hydrogens is 550 g/mol. The van der Waals surface area contributed by atoms with Crippen molar-refractivity contribution < 1.29 is 23.9 Å². The molecule has 0 bridgehead atoms. The number of hydrogen-bond acceptors (Lipinski definition) is 9. The van der Waals surface area contributed by atoms with Gasteiger partial charge in [-0.15, -0.1) is 11.3 Å². The summed E-state index contributed by atoms with van der Waals surface area (Å²) >= 11 is 1.22. The molecule has 41 heavy (non-hydrogen) atoms. The summed E-state index contributed by atoms with van der Waals surface area (Å²) in [5.41, 5.74) is 11.2. The number of methoxy groups -OCH3 is 1. The Bertz CT molecular complexity index is 1240. The van der Waals surface area contributed by atoms with Crippen molar-refractivity contribution in [2.75, 3.05) is 38.7 Å². The number of nitrogens with zero attached hydrogens (tertiary/aromatic N) is 3. The molecule has 0 aliphatic rings. The van der Waals surface area contributed by atoms with Gasteiger partial charge in [-0.2, -0.15) is 5.26 Å².